The Morgan fingerprint density at radius 3 is 2.47 bits per heavy atom. The number of ether oxygens (including phenoxy) is 1. The normalized spacial score (nSPS) is 10.3. The molecule has 0 bridgehead atoms. The summed E-state index contributed by atoms with van der Waals surface area (Å²) in [6, 6.07) is 7.02. The lowest BCUT2D eigenvalue weighted by Gasteiger charge is -2.10. The molecule has 0 aliphatic heterocycles. The molecule has 2 aromatic carbocycles. The first-order chi connectivity index (χ1) is 9.02. The Morgan fingerprint density at radius 2 is 1.84 bits per heavy atom. The van der Waals surface area contributed by atoms with Gasteiger partial charge in [0, 0.05) is 11.1 Å². The Morgan fingerprint density at radius 1 is 1.11 bits per heavy atom. The Labute approximate surface area is 108 Å². The standard InChI is InChI=1S/C14H10F2O3/c1-19-13-6-8(14(17)18)2-4-10(13)11-7-9(15)3-5-12(11)16/h2-7H,1H3,(H,17,18). The number of carbonyl (C=O) groups is 1. The molecular formula is C14H10F2O3. The predicted molar refractivity (Wildman–Crippen MR) is 65.3 cm³/mol. The zero-order valence-corrected chi connectivity index (χ0v) is 9.98. The van der Waals surface area contributed by atoms with Gasteiger partial charge < -0.3 is 9.84 Å². The number of aromatic carboxylic acids is 1. The highest BCUT2D eigenvalue weighted by molar-refractivity contribution is 5.89. The van der Waals surface area contributed by atoms with Crippen molar-refractivity contribution in [3.05, 3.63) is 53.6 Å². The van der Waals surface area contributed by atoms with Gasteiger partial charge in [-0.1, -0.05) is 0 Å². The van der Waals surface area contributed by atoms with Gasteiger partial charge in [-0.3, -0.25) is 0 Å². The fourth-order valence-electron chi connectivity index (χ4n) is 1.75. The van der Waals surface area contributed by atoms with Crippen LogP contribution in [-0.2, 0) is 0 Å². The van der Waals surface area contributed by atoms with Gasteiger partial charge >= 0.3 is 5.97 Å². The molecule has 3 nitrogen and oxygen atoms in total. The summed E-state index contributed by atoms with van der Waals surface area (Å²) < 4.78 is 31.9. The highest BCUT2D eigenvalue weighted by atomic mass is 19.1. The SMILES string of the molecule is COc1cc(C(=O)O)ccc1-c1cc(F)ccc1F. The largest absolute Gasteiger partial charge is 0.496 e. The number of rotatable bonds is 3. The second-order valence-electron chi connectivity index (χ2n) is 3.84. The molecule has 0 saturated heterocycles. The van der Waals surface area contributed by atoms with Crippen molar-refractivity contribution in [2.24, 2.45) is 0 Å². The number of hydrogen-bond acceptors (Lipinski definition) is 2. The molecule has 2 aromatic rings. The smallest absolute Gasteiger partial charge is 0.335 e. The Balaban J connectivity index is 2.62. The lowest BCUT2D eigenvalue weighted by Crippen LogP contribution is -1.98. The van der Waals surface area contributed by atoms with E-state index in [4.69, 9.17) is 9.84 Å². The van der Waals surface area contributed by atoms with Crippen molar-refractivity contribution >= 4 is 5.97 Å². The maximum absolute atomic E-state index is 13.7. The Kier molecular flexibility index (Phi) is 3.46. The molecule has 19 heavy (non-hydrogen) atoms. The average Bonchev–Trinajstić information content (AvgIpc) is 2.40. The molecule has 0 amide bonds. The van der Waals surface area contributed by atoms with E-state index in [0.717, 1.165) is 18.2 Å². The first-order valence-electron chi connectivity index (χ1n) is 5.39. The number of halogens is 2. The van der Waals surface area contributed by atoms with Crippen LogP contribution in [0.15, 0.2) is 36.4 Å². The maximum Gasteiger partial charge on any atom is 0.335 e. The van der Waals surface area contributed by atoms with Crippen molar-refractivity contribution in [3.63, 3.8) is 0 Å². The molecule has 1 N–H and O–H groups in total. The number of carboxylic acid groups (broad SMARTS) is 1. The van der Waals surface area contributed by atoms with E-state index >= 15 is 0 Å². The lowest BCUT2D eigenvalue weighted by atomic mass is 10.0. The van der Waals surface area contributed by atoms with Crippen LogP contribution in [0.1, 0.15) is 10.4 Å². The molecule has 0 aliphatic rings. The monoisotopic (exact) mass is 264 g/mol. The average molecular weight is 264 g/mol. The van der Waals surface area contributed by atoms with Gasteiger partial charge in [0.05, 0.1) is 12.7 Å². The molecule has 0 heterocycles. The highest BCUT2D eigenvalue weighted by Gasteiger charge is 2.14. The van der Waals surface area contributed by atoms with Crippen LogP contribution in [0.25, 0.3) is 11.1 Å². The predicted octanol–water partition coefficient (Wildman–Crippen LogP) is 3.34. The molecule has 0 fully saturated rings. The molecule has 0 saturated carbocycles. The van der Waals surface area contributed by atoms with Gasteiger partial charge in [0.2, 0.25) is 0 Å². The van der Waals surface area contributed by atoms with Crippen LogP contribution in [0.4, 0.5) is 8.78 Å². The third-order valence-corrected chi connectivity index (χ3v) is 2.67. The summed E-state index contributed by atoms with van der Waals surface area (Å²) in [5, 5.41) is 8.88. The van der Waals surface area contributed by atoms with Crippen molar-refractivity contribution in [2.45, 2.75) is 0 Å². The summed E-state index contributed by atoms with van der Waals surface area (Å²) >= 11 is 0. The molecule has 0 aliphatic carbocycles. The van der Waals surface area contributed by atoms with Crippen LogP contribution in [0.3, 0.4) is 0 Å². The number of hydrogen-bond donors (Lipinski definition) is 1. The van der Waals surface area contributed by atoms with Gasteiger partial charge in [0.25, 0.3) is 0 Å². The molecule has 0 unspecified atom stereocenters. The van der Waals surface area contributed by atoms with E-state index < -0.39 is 17.6 Å². The van der Waals surface area contributed by atoms with Crippen LogP contribution >= 0.6 is 0 Å². The minimum atomic E-state index is -1.12. The van der Waals surface area contributed by atoms with Crippen molar-refractivity contribution < 1.29 is 23.4 Å². The first-order valence-corrected chi connectivity index (χ1v) is 5.39. The molecule has 0 radical (unpaired) electrons. The molecule has 2 rings (SSSR count). The van der Waals surface area contributed by atoms with Crippen LogP contribution in [-0.4, -0.2) is 18.2 Å². The van der Waals surface area contributed by atoms with Crippen LogP contribution < -0.4 is 4.74 Å². The van der Waals surface area contributed by atoms with Gasteiger partial charge in [-0.25, -0.2) is 13.6 Å². The summed E-state index contributed by atoms with van der Waals surface area (Å²) in [7, 11) is 1.33. The van der Waals surface area contributed by atoms with Crippen LogP contribution in [0.2, 0.25) is 0 Å². The summed E-state index contributed by atoms with van der Waals surface area (Å²) in [6.45, 7) is 0. The summed E-state index contributed by atoms with van der Waals surface area (Å²) in [5.41, 5.74) is 0.329. The minimum absolute atomic E-state index is 0.0115. The first kappa shape index (κ1) is 13.0. The van der Waals surface area contributed by atoms with Gasteiger partial charge in [-0.15, -0.1) is 0 Å². The Hall–Kier alpha value is -2.43. The van der Waals surface area contributed by atoms with Crippen molar-refractivity contribution in [1.82, 2.24) is 0 Å². The van der Waals surface area contributed by atoms with Crippen LogP contribution in [0.5, 0.6) is 5.75 Å². The van der Waals surface area contributed by atoms with E-state index in [2.05, 4.69) is 0 Å². The topological polar surface area (TPSA) is 46.5 Å². The van der Waals surface area contributed by atoms with E-state index in [9.17, 15) is 13.6 Å². The molecule has 98 valence electrons. The fourth-order valence-corrected chi connectivity index (χ4v) is 1.75. The zero-order chi connectivity index (χ0) is 14.0. The quantitative estimate of drug-likeness (QED) is 0.924. The molecular weight excluding hydrogens is 254 g/mol. The second-order valence-corrected chi connectivity index (χ2v) is 3.84. The Bertz CT molecular complexity index is 639. The molecule has 0 spiro atoms. The van der Waals surface area contributed by atoms with Crippen LogP contribution in [0, 0.1) is 11.6 Å². The maximum atomic E-state index is 13.7. The molecule has 5 heteroatoms. The number of methoxy groups -OCH3 is 1. The second kappa shape index (κ2) is 5.06. The van der Waals surface area contributed by atoms with Crippen molar-refractivity contribution in [2.75, 3.05) is 7.11 Å². The van der Waals surface area contributed by atoms with E-state index in [0.29, 0.717) is 5.56 Å². The minimum Gasteiger partial charge on any atom is -0.496 e. The van der Waals surface area contributed by atoms with Gasteiger partial charge in [-0.05, 0) is 36.4 Å². The van der Waals surface area contributed by atoms with Crippen molar-refractivity contribution in [3.8, 4) is 16.9 Å². The number of carboxylic acids is 1. The van der Waals surface area contributed by atoms with Gasteiger partial charge in [0.1, 0.15) is 17.4 Å². The van der Waals surface area contributed by atoms with E-state index in [1.165, 1.54) is 25.3 Å². The fraction of sp³-hybridized carbons (Fsp3) is 0.0714. The van der Waals surface area contributed by atoms with Crippen molar-refractivity contribution in [1.29, 1.82) is 0 Å². The van der Waals surface area contributed by atoms with E-state index in [1.807, 2.05) is 0 Å². The van der Waals surface area contributed by atoms with Gasteiger partial charge in [0.15, 0.2) is 0 Å². The van der Waals surface area contributed by atoms with E-state index in [-0.39, 0.29) is 16.9 Å². The third kappa shape index (κ3) is 2.54. The summed E-state index contributed by atoms with van der Waals surface area (Å²) in [6.07, 6.45) is 0. The molecule has 0 aromatic heterocycles. The summed E-state index contributed by atoms with van der Waals surface area (Å²) in [4.78, 5) is 10.8. The lowest BCUT2D eigenvalue weighted by molar-refractivity contribution is 0.0696. The zero-order valence-electron chi connectivity index (χ0n) is 9.98. The molecule has 0 atom stereocenters. The third-order valence-electron chi connectivity index (χ3n) is 2.67. The number of benzene rings is 2. The summed E-state index contributed by atoms with van der Waals surface area (Å²) in [5.74, 6) is -2.14. The highest BCUT2D eigenvalue weighted by Crippen LogP contribution is 2.33. The van der Waals surface area contributed by atoms with Gasteiger partial charge in [-0.2, -0.15) is 0 Å². The van der Waals surface area contributed by atoms with E-state index in [1.54, 1.807) is 0 Å².